The molecule has 1 aromatic heterocycles. The molecule has 0 fully saturated rings. The maximum Gasteiger partial charge on any atom is 0.123 e. The first-order valence-electron chi connectivity index (χ1n) is 6.65. The Balaban J connectivity index is 2.10. The van der Waals surface area contributed by atoms with Gasteiger partial charge in [0.25, 0.3) is 0 Å². The molecule has 0 aliphatic carbocycles. The van der Waals surface area contributed by atoms with E-state index < -0.39 is 6.10 Å². The van der Waals surface area contributed by atoms with Crippen LogP contribution < -0.4 is 0 Å². The smallest absolute Gasteiger partial charge is 0.123 e. The zero-order valence-electron chi connectivity index (χ0n) is 11.6. The fourth-order valence-corrected chi connectivity index (χ4v) is 2.51. The van der Waals surface area contributed by atoms with Gasteiger partial charge in [0, 0.05) is 13.0 Å². The average molecular weight is 297 g/mol. The van der Waals surface area contributed by atoms with Crippen LogP contribution in [0.1, 0.15) is 23.9 Å². The summed E-state index contributed by atoms with van der Waals surface area (Å²) in [5, 5.41) is 15.1. The summed E-state index contributed by atoms with van der Waals surface area (Å²) in [7, 11) is 0. The molecule has 108 valence electrons. The van der Waals surface area contributed by atoms with E-state index in [-0.39, 0.29) is 5.82 Å². The van der Waals surface area contributed by atoms with Crippen molar-refractivity contribution in [1.29, 1.82) is 0 Å². The summed E-state index contributed by atoms with van der Waals surface area (Å²) in [4.78, 5) is 0. The molecule has 20 heavy (non-hydrogen) atoms. The van der Waals surface area contributed by atoms with Gasteiger partial charge in [0.1, 0.15) is 5.82 Å². The summed E-state index contributed by atoms with van der Waals surface area (Å²) < 4.78 is 14.9. The summed E-state index contributed by atoms with van der Waals surface area (Å²) in [5.41, 5.74) is 2.37. The molecular weight excluding hydrogens is 279 g/mol. The van der Waals surface area contributed by atoms with Gasteiger partial charge < -0.3 is 5.11 Å². The highest BCUT2D eigenvalue weighted by molar-refractivity contribution is 6.31. The molecule has 0 amide bonds. The SMILES string of the molecule is CCn1nc(C)c(Cl)c1CC(O)Cc1cccc(F)c1. The van der Waals surface area contributed by atoms with Crippen LogP contribution in [0.25, 0.3) is 0 Å². The van der Waals surface area contributed by atoms with Crippen LogP contribution in [-0.2, 0) is 19.4 Å². The Hall–Kier alpha value is -1.39. The minimum atomic E-state index is -0.615. The Morgan fingerprint density at radius 2 is 2.15 bits per heavy atom. The van der Waals surface area contributed by atoms with E-state index in [1.807, 2.05) is 13.8 Å². The Morgan fingerprint density at radius 1 is 1.40 bits per heavy atom. The van der Waals surface area contributed by atoms with Crippen molar-refractivity contribution in [3.63, 3.8) is 0 Å². The quantitative estimate of drug-likeness (QED) is 0.920. The van der Waals surface area contributed by atoms with Crippen LogP contribution in [-0.4, -0.2) is 21.0 Å². The molecule has 1 heterocycles. The van der Waals surface area contributed by atoms with Crippen molar-refractivity contribution < 1.29 is 9.50 Å². The van der Waals surface area contributed by atoms with Gasteiger partial charge >= 0.3 is 0 Å². The third-order valence-electron chi connectivity index (χ3n) is 3.24. The number of nitrogens with zero attached hydrogens (tertiary/aromatic N) is 2. The maximum atomic E-state index is 13.1. The number of hydrogen-bond donors (Lipinski definition) is 1. The van der Waals surface area contributed by atoms with Crippen LogP contribution in [0.5, 0.6) is 0 Å². The zero-order chi connectivity index (χ0) is 14.7. The van der Waals surface area contributed by atoms with Crippen LogP contribution in [0.15, 0.2) is 24.3 Å². The van der Waals surface area contributed by atoms with E-state index in [2.05, 4.69) is 5.10 Å². The molecule has 0 bridgehead atoms. The molecule has 5 heteroatoms. The lowest BCUT2D eigenvalue weighted by molar-refractivity contribution is 0.172. The summed E-state index contributed by atoms with van der Waals surface area (Å²) >= 11 is 6.21. The maximum absolute atomic E-state index is 13.1. The highest BCUT2D eigenvalue weighted by atomic mass is 35.5. The molecule has 3 nitrogen and oxygen atoms in total. The Labute approximate surface area is 123 Å². The van der Waals surface area contributed by atoms with E-state index in [0.29, 0.717) is 24.4 Å². The fraction of sp³-hybridized carbons (Fsp3) is 0.400. The van der Waals surface area contributed by atoms with Crippen molar-refractivity contribution in [2.75, 3.05) is 0 Å². The molecule has 0 spiro atoms. The van der Waals surface area contributed by atoms with Crippen molar-refractivity contribution in [3.8, 4) is 0 Å². The number of aryl methyl sites for hydroxylation is 2. The van der Waals surface area contributed by atoms with Crippen molar-refractivity contribution in [2.24, 2.45) is 0 Å². The van der Waals surface area contributed by atoms with Gasteiger partial charge in [0.05, 0.1) is 22.5 Å². The number of aromatic nitrogens is 2. The van der Waals surface area contributed by atoms with E-state index in [1.165, 1.54) is 12.1 Å². The topological polar surface area (TPSA) is 38.0 Å². The molecule has 0 saturated carbocycles. The van der Waals surface area contributed by atoms with E-state index >= 15 is 0 Å². The van der Waals surface area contributed by atoms with Crippen molar-refractivity contribution in [2.45, 2.75) is 39.3 Å². The first-order chi connectivity index (χ1) is 9.51. The molecule has 1 N–H and O–H groups in total. The zero-order valence-corrected chi connectivity index (χ0v) is 12.4. The van der Waals surface area contributed by atoms with Crippen molar-refractivity contribution in [1.82, 2.24) is 9.78 Å². The molecule has 0 aliphatic rings. The van der Waals surface area contributed by atoms with Gasteiger partial charge in [-0.1, -0.05) is 23.7 Å². The van der Waals surface area contributed by atoms with Crippen molar-refractivity contribution >= 4 is 11.6 Å². The predicted molar refractivity (Wildman–Crippen MR) is 77.5 cm³/mol. The highest BCUT2D eigenvalue weighted by Gasteiger charge is 2.16. The number of aliphatic hydroxyl groups is 1. The number of hydrogen-bond acceptors (Lipinski definition) is 2. The largest absolute Gasteiger partial charge is 0.392 e. The van der Waals surface area contributed by atoms with E-state index in [4.69, 9.17) is 11.6 Å². The number of halogens is 2. The molecule has 1 unspecified atom stereocenters. The number of benzene rings is 1. The first-order valence-corrected chi connectivity index (χ1v) is 7.03. The Morgan fingerprint density at radius 3 is 2.80 bits per heavy atom. The third kappa shape index (κ3) is 3.38. The molecule has 2 rings (SSSR count). The van der Waals surface area contributed by atoms with Gasteiger partial charge in [-0.3, -0.25) is 4.68 Å². The summed E-state index contributed by atoms with van der Waals surface area (Å²) in [6, 6.07) is 6.27. The lowest BCUT2D eigenvalue weighted by Gasteiger charge is -2.12. The Kier molecular flexibility index (Phi) is 4.78. The van der Waals surface area contributed by atoms with Crippen LogP contribution in [0.2, 0.25) is 5.02 Å². The van der Waals surface area contributed by atoms with Gasteiger partial charge in [0.15, 0.2) is 0 Å². The second-order valence-corrected chi connectivity index (χ2v) is 5.23. The lowest BCUT2D eigenvalue weighted by atomic mass is 10.0. The van der Waals surface area contributed by atoms with E-state index in [0.717, 1.165) is 17.0 Å². The predicted octanol–water partition coefficient (Wildman–Crippen LogP) is 3.15. The molecule has 2 aromatic rings. The third-order valence-corrected chi connectivity index (χ3v) is 3.73. The minimum absolute atomic E-state index is 0.290. The second kappa shape index (κ2) is 6.37. The highest BCUT2D eigenvalue weighted by Crippen LogP contribution is 2.22. The second-order valence-electron chi connectivity index (χ2n) is 4.85. The first kappa shape index (κ1) is 15.0. The van der Waals surface area contributed by atoms with Crippen LogP contribution in [0.3, 0.4) is 0 Å². The van der Waals surface area contributed by atoms with Crippen LogP contribution in [0.4, 0.5) is 4.39 Å². The standard InChI is InChI=1S/C15H18ClFN2O/c1-3-19-14(15(16)10(2)18-19)9-13(20)8-11-5-4-6-12(17)7-11/h4-7,13,20H,3,8-9H2,1-2H3. The molecule has 0 aliphatic heterocycles. The fourth-order valence-electron chi connectivity index (χ4n) is 2.30. The molecular formula is C15H18ClFN2O. The summed E-state index contributed by atoms with van der Waals surface area (Å²) in [6.07, 6.45) is 0.183. The van der Waals surface area contributed by atoms with Gasteiger partial charge in [-0.05, 0) is 38.0 Å². The molecule has 0 radical (unpaired) electrons. The average Bonchev–Trinajstić information content (AvgIpc) is 2.66. The normalized spacial score (nSPS) is 12.7. The lowest BCUT2D eigenvalue weighted by Crippen LogP contribution is -2.17. The number of rotatable bonds is 5. The van der Waals surface area contributed by atoms with Crippen molar-refractivity contribution in [3.05, 3.63) is 52.1 Å². The van der Waals surface area contributed by atoms with Gasteiger partial charge in [-0.15, -0.1) is 0 Å². The van der Waals surface area contributed by atoms with Crippen LogP contribution in [0, 0.1) is 12.7 Å². The van der Waals surface area contributed by atoms with E-state index in [9.17, 15) is 9.50 Å². The Bertz CT molecular complexity index is 598. The molecule has 0 saturated heterocycles. The van der Waals surface area contributed by atoms with Gasteiger partial charge in [-0.25, -0.2) is 4.39 Å². The summed E-state index contributed by atoms with van der Waals surface area (Å²) in [5.74, 6) is -0.290. The summed E-state index contributed by atoms with van der Waals surface area (Å²) in [6.45, 7) is 4.53. The van der Waals surface area contributed by atoms with Gasteiger partial charge in [0.2, 0.25) is 0 Å². The molecule has 1 aromatic carbocycles. The molecule has 1 atom stereocenters. The van der Waals surface area contributed by atoms with E-state index in [1.54, 1.807) is 16.8 Å². The monoisotopic (exact) mass is 296 g/mol. The number of aliphatic hydroxyl groups excluding tert-OH is 1. The van der Waals surface area contributed by atoms with Crippen LogP contribution >= 0.6 is 11.6 Å². The minimum Gasteiger partial charge on any atom is -0.392 e. The van der Waals surface area contributed by atoms with Gasteiger partial charge in [-0.2, -0.15) is 5.10 Å².